The van der Waals surface area contributed by atoms with E-state index in [0.29, 0.717) is 43.7 Å². The minimum absolute atomic E-state index is 0.262. The van der Waals surface area contributed by atoms with E-state index in [-0.39, 0.29) is 11.7 Å². The van der Waals surface area contributed by atoms with Crippen LogP contribution in [-0.2, 0) is 10.9 Å². The second-order valence-electron chi connectivity index (χ2n) is 9.47. The number of amides is 1. The lowest BCUT2D eigenvalue weighted by Crippen LogP contribution is -2.44. The third kappa shape index (κ3) is 5.84. The fourth-order valence-electron chi connectivity index (χ4n) is 4.57. The number of nitrogens with zero attached hydrogens (tertiary/aromatic N) is 3. The minimum Gasteiger partial charge on any atom is -0.444 e. The monoisotopic (exact) mass is 437 g/mol. The summed E-state index contributed by atoms with van der Waals surface area (Å²) in [6.07, 6.45) is -1.11. The number of alkyl halides is 3. The second kappa shape index (κ2) is 8.97. The summed E-state index contributed by atoms with van der Waals surface area (Å²) in [4.78, 5) is 16.0. The molecule has 170 valence electrons. The number of rotatable bonds is 2. The molecule has 0 saturated carbocycles. The number of carbonyl (C=O) groups is 1. The van der Waals surface area contributed by atoms with Crippen LogP contribution in [0.4, 0.5) is 23.7 Å². The normalized spacial score (nSPS) is 19.3. The van der Waals surface area contributed by atoms with Crippen LogP contribution in [-0.4, -0.2) is 42.8 Å². The van der Waals surface area contributed by atoms with Crippen molar-refractivity contribution in [3.05, 3.63) is 29.3 Å². The Morgan fingerprint density at radius 2 is 1.58 bits per heavy atom. The molecule has 8 heteroatoms. The van der Waals surface area contributed by atoms with Crippen LogP contribution in [0.3, 0.4) is 0 Å². The number of carbonyl (C=O) groups excluding carboxylic acids is 1. The van der Waals surface area contributed by atoms with Gasteiger partial charge < -0.3 is 14.5 Å². The van der Waals surface area contributed by atoms with Crippen molar-refractivity contribution in [3.63, 3.8) is 0 Å². The maximum atomic E-state index is 13.3. The Hall–Kier alpha value is -2.43. The number of anilines is 1. The summed E-state index contributed by atoms with van der Waals surface area (Å²) in [6.45, 7) is 8.33. The predicted molar refractivity (Wildman–Crippen MR) is 112 cm³/mol. The van der Waals surface area contributed by atoms with Crippen LogP contribution in [0.15, 0.2) is 18.2 Å². The SMILES string of the molecule is CC(C)(C)OC(=O)N1CCC(C2CCN(c3ccc(C#N)c(C(F)(F)F)c3)CC2)CC1. The first-order chi connectivity index (χ1) is 14.5. The quantitative estimate of drug-likeness (QED) is 0.618. The lowest BCUT2D eigenvalue weighted by molar-refractivity contribution is -0.137. The number of likely N-dealkylation sites (tertiary alicyclic amines) is 1. The van der Waals surface area contributed by atoms with Gasteiger partial charge in [-0.1, -0.05) is 0 Å². The van der Waals surface area contributed by atoms with Crippen LogP contribution in [0.1, 0.15) is 57.6 Å². The molecule has 2 aliphatic rings. The number of hydrogen-bond acceptors (Lipinski definition) is 4. The summed E-state index contributed by atoms with van der Waals surface area (Å²) in [6, 6.07) is 5.59. The fourth-order valence-corrected chi connectivity index (χ4v) is 4.57. The maximum Gasteiger partial charge on any atom is 0.417 e. The van der Waals surface area contributed by atoms with Crippen LogP contribution in [0.2, 0.25) is 0 Å². The average molecular weight is 438 g/mol. The Labute approximate surface area is 181 Å². The van der Waals surface area contributed by atoms with Gasteiger partial charge in [0.2, 0.25) is 0 Å². The van der Waals surface area contributed by atoms with Crippen LogP contribution >= 0.6 is 0 Å². The molecule has 2 fully saturated rings. The first-order valence-electron chi connectivity index (χ1n) is 10.8. The zero-order chi connectivity index (χ0) is 22.8. The number of piperidine rings is 2. The van der Waals surface area contributed by atoms with Gasteiger partial charge in [-0.05, 0) is 76.5 Å². The lowest BCUT2D eigenvalue weighted by atomic mass is 9.79. The molecule has 0 unspecified atom stereocenters. The molecular formula is C23H30F3N3O2. The molecule has 0 atom stereocenters. The molecule has 0 N–H and O–H groups in total. The van der Waals surface area contributed by atoms with Crippen molar-refractivity contribution in [2.75, 3.05) is 31.1 Å². The molecule has 0 aromatic heterocycles. The van der Waals surface area contributed by atoms with E-state index in [1.165, 1.54) is 6.07 Å². The summed E-state index contributed by atoms with van der Waals surface area (Å²) in [5, 5.41) is 8.97. The number of ether oxygens (including phenoxy) is 1. The highest BCUT2D eigenvalue weighted by Gasteiger charge is 2.35. The van der Waals surface area contributed by atoms with Gasteiger partial charge in [-0.25, -0.2) is 4.79 Å². The van der Waals surface area contributed by atoms with E-state index in [0.717, 1.165) is 31.7 Å². The van der Waals surface area contributed by atoms with Gasteiger partial charge in [0.25, 0.3) is 0 Å². The second-order valence-corrected chi connectivity index (χ2v) is 9.47. The molecular weight excluding hydrogens is 407 g/mol. The van der Waals surface area contributed by atoms with Gasteiger partial charge in [0.05, 0.1) is 17.2 Å². The topological polar surface area (TPSA) is 56.6 Å². The van der Waals surface area contributed by atoms with Crippen molar-refractivity contribution in [1.82, 2.24) is 4.90 Å². The molecule has 0 spiro atoms. The summed E-state index contributed by atoms with van der Waals surface area (Å²) < 4.78 is 45.2. The smallest absolute Gasteiger partial charge is 0.417 e. The van der Waals surface area contributed by atoms with Crippen LogP contribution < -0.4 is 4.90 Å². The molecule has 1 aromatic rings. The van der Waals surface area contributed by atoms with Gasteiger partial charge in [0.15, 0.2) is 0 Å². The lowest BCUT2D eigenvalue weighted by Gasteiger charge is -2.41. The first kappa shape index (κ1) is 23.2. The zero-order valence-electron chi connectivity index (χ0n) is 18.3. The third-order valence-corrected chi connectivity index (χ3v) is 6.19. The Kier molecular flexibility index (Phi) is 6.73. The highest BCUT2D eigenvalue weighted by atomic mass is 19.4. The number of benzene rings is 1. The number of hydrogen-bond donors (Lipinski definition) is 0. The van der Waals surface area contributed by atoms with Crippen molar-refractivity contribution in [2.24, 2.45) is 11.8 Å². The van der Waals surface area contributed by atoms with Crippen molar-refractivity contribution >= 4 is 11.8 Å². The maximum absolute atomic E-state index is 13.3. The Balaban J connectivity index is 1.54. The molecule has 1 aromatic carbocycles. The standard InChI is InChI=1S/C23H30F3N3O2/c1-22(2,3)31-21(30)29-12-8-17(9-13-29)16-6-10-28(11-7-16)19-5-4-18(15-27)20(14-19)23(24,25)26/h4-5,14,16-17H,6-13H2,1-3H3. The average Bonchev–Trinajstić information content (AvgIpc) is 2.71. The molecule has 0 radical (unpaired) electrons. The molecule has 0 aliphatic carbocycles. The molecule has 31 heavy (non-hydrogen) atoms. The van der Waals surface area contributed by atoms with Gasteiger partial charge in [-0.3, -0.25) is 0 Å². The van der Waals surface area contributed by atoms with E-state index in [9.17, 15) is 18.0 Å². The Bertz CT molecular complexity index is 826. The summed E-state index contributed by atoms with van der Waals surface area (Å²) in [5.41, 5.74) is -1.20. The molecule has 1 amide bonds. The van der Waals surface area contributed by atoms with E-state index < -0.39 is 17.3 Å². The molecule has 0 bridgehead atoms. The Morgan fingerprint density at radius 1 is 1.03 bits per heavy atom. The largest absolute Gasteiger partial charge is 0.444 e. The van der Waals surface area contributed by atoms with Crippen molar-refractivity contribution < 1.29 is 22.7 Å². The van der Waals surface area contributed by atoms with E-state index >= 15 is 0 Å². The minimum atomic E-state index is -4.54. The molecule has 2 aliphatic heterocycles. The zero-order valence-corrected chi connectivity index (χ0v) is 18.3. The fraction of sp³-hybridized carbons (Fsp3) is 0.652. The van der Waals surface area contributed by atoms with Gasteiger partial charge in [0.1, 0.15) is 5.60 Å². The van der Waals surface area contributed by atoms with Crippen LogP contribution in [0.5, 0.6) is 0 Å². The molecule has 2 saturated heterocycles. The van der Waals surface area contributed by atoms with Crippen LogP contribution in [0, 0.1) is 23.2 Å². The first-order valence-corrected chi connectivity index (χ1v) is 10.8. The van der Waals surface area contributed by atoms with Crippen molar-refractivity contribution in [3.8, 4) is 6.07 Å². The van der Waals surface area contributed by atoms with Gasteiger partial charge in [-0.15, -0.1) is 0 Å². The third-order valence-electron chi connectivity index (χ3n) is 6.19. The van der Waals surface area contributed by atoms with Crippen molar-refractivity contribution in [1.29, 1.82) is 5.26 Å². The summed E-state index contributed by atoms with van der Waals surface area (Å²) in [7, 11) is 0. The Morgan fingerprint density at radius 3 is 2.06 bits per heavy atom. The number of nitriles is 1. The highest BCUT2D eigenvalue weighted by molar-refractivity contribution is 5.68. The van der Waals surface area contributed by atoms with Gasteiger partial charge >= 0.3 is 12.3 Å². The highest BCUT2D eigenvalue weighted by Crippen LogP contribution is 2.37. The van der Waals surface area contributed by atoms with Gasteiger partial charge in [0, 0.05) is 31.9 Å². The van der Waals surface area contributed by atoms with Crippen molar-refractivity contribution in [2.45, 2.75) is 58.2 Å². The van der Waals surface area contributed by atoms with E-state index in [1.54, 1.807) is 17.0 Å². The summed E-state index contributed by atoms with van der Waals surface area (Å²) in [5.74, 6) is 1.03. The van der Waals surface area contributed by atoms with Gasteiger partial charge in [-0.2, -0.15) is 18.4 Å². The van der Waals surface area contributed by atoms with E-state index in [2.05, 4.69) is 0 Å². The van der Waals surface area contributed by atoms with E-state index in [4.69, 9.17) is 10.00 Å². The molecule has 5 nitrogen and oxygen atoms in total. The van der Waals surface area contributed by atoms with E-state index in [1.807, 2.05) is 25.7 Å². The number of halogens is 3. The molecule has 2 heterocycles. The van der Waals surface area contributed by atoms with Crippen LogP contribution in [0.25, 0.3) is 0 Å². The molecule has 3 rings (SSSR count). The summed E-state index contributed by atoms with van der Waals surface area (Å²) >= 11 is 0. The predicted octanol–water partition coefficient (Wildman–Crippen LogP) is 5.44.